The number of amides is 1. The molecule has 14 heteroatoms. The van der Waals surface area contributed by atoms with Crippen LogP contribution in [0.1, 0.15) is 180 Å². The molecule has 1 amide bonds. The van der Waals surface area contributed by atoms with E-state index >= 15 is 0 Å². The van der Waals surface area contributed by atoms with Gasteiger partial charge in [0, 0.05) is 52.0 Å². The molecule has 0 radical (unpaired) electrons. The highest BCUT2D eigenvalue weighted by Crippen LogP contribution is 2.14. The number of unbranched alkanes of at least 4 members (excludes halogenated alkanes) is 18. The lowest BCUT2D eigenvalue weighted by molar-refractivity contribution is -0.116. The van der Waals surface area contributed by atoms with Crippen molar-refractivity contribution < 1.29 is 47.6 Å². The van der Waals surface area contributed by atoms with Gasteiger partial charge in [0.2, 0.25) is 5.91 Å². The van der Waals surface area contributed by atoms with Crippen LogP contribution in [0.2, 0.25) is 0 Å². The Kier molecular flexibility index (Phi) is 41.4. The van der Waals surface area contributed by atoms with Crippen molar-refractivity contribution in [2.24, 2.45) is 0 Å². The summed E-state index contributed by atoms with van der Waals surface area (Å²) in [4.78, 5) is 56.1. The summed E-state index contributed by atoms with van der Waals surface area (Å²) in [7, 11) is 3.99. The second-order valence-corrected chi connectivity index (χ2v) is 18.1. The molecule has 0 aliphatic heterocycles. The molecule has 1 aromatic carbocycles. The highest BCUT2D eigenvalue weighted by atomic mass is 16.7. The average molecular weight is 961 g/mol. The molecule has 392 valence electrons. The molecule has 0 saturated heterocycles. The van der Waals surface area contributed by atoms with Gasteiger partial charge in [0.15, 0.2) is 0 Å². The van der Waals surface area contributed by atoms with E-state index in [1.165, 1.54) is 57.8 Å². The summed E-state index contributed by atoms with van der Waals surface area (Å²) in [6.45, 7) is 13.7. The number of carbonyl (C=O) groups is 4. The minimum Gasteiger partial charge on any atom is -0.434 e. The molecule has 1 rings (SSSR count). The van der Waals surface area contributed by atoms with Crippen LogP contribution in [0.3, 0.4) is 0 Å². The van der Waals surface area contributed by atoms with Crippen molar-refractivity contribution in [3.63, 3.8) is 0 Å². The van der Waals surface area contributed by atoms with Crippen molar-refractivity contribution in [1.82, 2.24) is 15.1 Å². The fraction of sp³-hybridized carbons (Fsp3) is 0.778. The van der Waals surface area contributed by atoms with E-state index in [0.717, 1.165) is 121 Å². The van der Waals surface area contributed by atoms with Gasteiger partial charge in [-0.3, -0.25) is 4.79 Å². The quantitative estimate of drug-likeness (QED) is 0.0287. The molecule has 0 aromatic heterocycles. The SMILES string of the molecule is CCCCCCCCOC(=O)OCCCCN(CCCCOC(=O)OCCCCCCCC)CCN(CCCCOC(=O)OCCCCCCCC)CCNC(=O)/C=C/c1ccc(N(C)C)cc1. The summed E-state index contributed by atoms with van der Waals surface area (Å²) >= 11 is 0. The molecule has 0 fully saturated rings. The van der Waals surface area contributed by atoms with Crippen molar-refractivity contribution in [3.05, 3.63) is 35.9 Å². The standard InChI is InChI=1S/C54H96N4O10/c1-6-9-12-15-18-24-43-63-52(60)66-46-27-21-37-57(38-22-28-47-67-53(61)64-44-25-19-16-13-10-7-2)41-42-58(39-23-29-48-68-54(62)65-45-26-20-17-14-11-8-3)40-36-55-51(59)35-32-49-30-33-50(34-31-49)56(4)5/h30-35H,6-29,36-48H2,1-5H3,(H,55,59)/b35-32+. The number of ether oxygens (including phenoxy) is 6. The van der Waals surface area contributed by atoms with E-state index in [2.05, 4.69) is 35.9 Å². The molecule has 1 aromatic rings. The van der Waals surface area contributed by atoms with Crippen LogP contribution in [0.25, 0.3) is 6.08 Å². The van der Waals surface area contributed by atoms with Gasteiger partial charge in [-0.15, -0.1) is 0 Å². The Bertz CT molecular complexity index is 1360. The van der Waals surface area contributed by atoms with E-state index in [1.54, 1.807) is 6.08 Å². The Balaban J connectivity index is 2.75. The van der Waals surface area contributed by atoms with Crippen molar-refractivity contribution in [2.45, 2.75) is 175 Å². The average Bonchev–Trinajstić information content (AvgIpc) is 3.33. The van der Waals surface area contributed by atoms with E-state index < -0.39 is 18.5 Å². The van der Waals surface area contributed by atoms with E-state index in [0.29, 0.717) is 65.4 Å². The predicted octanol–water partition coefficient (Wildman–Crippen LogP) is 12.4. The second-order valence-electron chi connectivity index (χ2n) is 18.1. The fourth-order valence-electron chi connectivity index (χ4n) is 7.42. The number of hydrogen-bond donors (Lipinski definition) is 1. The summed E-state index contributed by atoms with van der Waals surface area (Å²) in [5.74, 6) is -0.154. The zero-order valence-corrected chi connectivity index (χ0v) is 43.6. The molecule has 0 unspecified atom stereocenters. The van der Waals surface area contributed by atoms with E-state index in [1.807, 2.05) is 49.3 Å². The van der Waals surface area contributed by atoms with Crippen LogP contribution in [0.4, 0.5) is 20.1 Å². The monoisotopic (exact) mass is 961 g/mol. The third-order valence-electron chi connectivity index (χ3n) is 11.7. The van der Waals surface area contributed by atoms with E-state index in [-0.39, 0.29) is 12.5 Å². The van der Waals surface area contributed by atoms with Crippen molar-refractivity contribution in [3.8, 4) is 0 Å². The second kappa shape index (κ2) is 45.4. The Morgan fingerprint density at radius 1 is 0.426 bits per heavy atom. The van der Waals surface area contributed by atoms with Gasteiger partial charge in [0.1, 0.15) is 0 Å². The van der Waals surface area contributed by atoms with E-state index in [4.69, 9.17) is 28.4 Å². The van der Waals surface area contributed by atoms with Crippen LogP contribution < -0.4 is 10.2 Å². The smallest absolute Gasteiger partial charge is 0.434 e. The normalized spacial score (nSPS) is 11.3. The predicted molar refractivity (Wildman–Crippen MR) is 275 cm³/mol. The molecule has 0 aliphatic carbocycles. The maximum absolute atomic E-state index is 12.8. The summed E-state index contributed by atoms with van der Waals surface area (Å²) in [6.07, 6.45) is 26.3. The van der Waals surface area contributed by atoms with Crippen LogP contribution in [0.15, 0.2) is 30.3 Å². The van der Waals surface area contributed by atoms with E-state index in [9.17, 15) is 19.2 Å². The molecular formula is C54H96N4O10. The summed E-state index contributed by atoms with van der Waals surface area (Å²) < 4.78 is 31.9. The molecule has 0 aliphatic rings. The molecule has 68 heavy (non-hydrogen) atoms. The van der Waals surface area contributed by atoms with Crippen molar-refractivity contribution in [1.29, 1.82) is 0 Å². The lowest BCUT2D eigenvalue weighted by Gasteiger charge is -2.28. The van der Waals surface area contributed by atoms with Gasteiger partial charge in [-0.05, 0) is 101 Å². The maximum atomic E-state index is 12.8. The van der Waals surface area contributed by atoms with Crippen LogP contribution in [0.5, 0.6) is 0 Å². The zero-order chi connectivity index (χ0) is 49.6. The Labute approximate surface area is 412 Å². The highest BCUT2D eigenvalue weighted by molar-refractivity contribution is 5.91. The number of carbonyl (C=O) groups excluding carboxylic acids is 4. The number of rotatable bonds is 45. The van der Waals surface area contributed by atoms with Crippen molar-refractivity contribution >= 4 is 36.1 Å². The maximum Gasteiger partial charge on any atom is 0.508 e. The zero-order valence-electron chi connectivity index (χ0n) is 43.6. The summed E-state index contributed by atoms with van der Waals surface area (Å²) in [5.41, 5.74) is 2.04. The molecule has 0 spiro atoms. The topological polar surface area (TPSA) is 145 Å². The number of nitrogens with zero attached hydrogens (tertiary/aromatic N) is 3. The first-order valence-corrected chi connectivity index (χ1v) is 26.7. The van der Waals surface area contributed by atoms with Gasteiger partial charge in [-0.1, -0.05) is 129 Å². The van der Waals surface area contributed by atoms with Crippen LogP contribution in [0, 0.1) is 0 Å². The van der Waals surface area contributed by atoms with Gasteiger partial charge < -0.3 is 48.4 Å². The minimum absolute atomic E-state index is 0.154. The first-order valence-electron chi connectivity index (χ1n) is 26.7. The fourth-order valence-corrected chi connectivity index (χ4v) is 7.42. The number of anilines is 1. The van der Waals surface area contributed by atoms with Crippen molar-refractivity contribution in [2.75, 3.05) is 104 Å². The molecule has 14 nitrogen and oxygen atoms in total. The van der Waals surface area contributed by atoms with Gasteiger partial charge in [0.25, 0.3) is 0 Å². The van der Waals surface area contributed by atoms with Crippen LogP contribution >= 0.6 is 0 Å². The summed E-state index contributed by atoms with van der Waals surface area (Å²) in [5, 5.41) is 3.04. The van der Waals surface area contributed by atoms with Crippen LogP contribution in [-0.4, -0.2) is 134 Å². The van der Waals surface area contributed by atoms with Crippen LogP contribution in [-0.2, 0) is 33.2 Å². The Hall–Kier alpha value is -4.04. The third-order valence-corrected chi connectivity index (χ3v) is 11.7. The minimum atomic E-state index is -0.610. The first kappa shape index (κ1) is 62.0. The molecule has 0 atom stereocenters. The number of benzene rings is 1. The lowest BCUT2D eigenvalue weighted by atomic mass is 10.1. The van der Waals surface area contributed by atoms with Gasteiger partial charge in [0.05, 0.1) is 39.6 Å². The van der Waals surface area contributed by atoms with Gasteiger partial charge in [-0.2, -0.15) is 0 Å². The molecular weight excluding hydrogens is 865 g/mol. The molecule has 0 bridgehead atoms. The first-order chi connectivity index (χ1) is 33.2. The number of nitrogens with one attached hydrogen (secondary N) is 1. The number of hydrogen-bond acceptors (Lipinski definition) is 13. The summed E-state index contributed by atoms with van der Waals surface area (Å²) in [6, 6.07) is 8.02. The molecule has 0 saturated carbocycles. The molecule has 0 heterocycles. The largest absolute Gasteiger partial charge is 0.508 e. The lowest BCUT2D eigenvalue weighted by Crippen LogP contribution is -2.40. The Morgan fingerprint density at radius 3 is 1.10 bits per heavy atom. The van der Waals surface area contributed by atoms with Gasteiger partial charge in [-0.25, -0.2) is 14.4 Å². The molecule has 1 N–H and O–H groups in total. The van der Waals surface area contributed by atoms with Gasteiger partial charge >= 0.3 is 18.5 Å². The third kappa shape index (κ3) is 38.9. The Morgan fingerprint density at radius 2 is 0.750 bits per heavy atom. The highest BCUT2D eigenvalue weighted by Gasteiger charge is 2.13.